The van der Waals surface area contributed by atoms with Crippen LogP contribution in [-0.4, -0.2) is 38.5 Å². The van der Waals surface area contributed by atoms with Crippen LogP contribution in [0, 0.1) is 0 Å². The van der Waals surface area contributed by atoms with Crippen LogP contribution in [0.3, 0.4) is 0 Å². The predicted octanol–water partition coefficient (Wildman–Crippen LogP) is 2.85. The molecule has 1 aliphatic rings. The molecule has 1 aromatic rings. The molecule has 116 valence electrons. The van der Waals surface area contributed by atoms with Gasteiger partial charge in [0.2, 0.25) is 0 Å². The highest BCUT2D eigenvalue weighted by Gasteiger charge is 2.15. The first kappa shape index (κ1) is 15.9. The Morgan fingerprint density at radius 3 is 2.81 bits per heavy atom. The van der Waals surface area contributed by atoms with Gasteiger partial charge in [0.25, 0.3) is 0 Å². The lowest BCUT2D eigenvalue weighted by atomic mass is 10.0. The van der Waals surface area contributed by atoms with Gasteiger partial charge in [-0.15, -0.1) is 0 Å². The zero-order valence-corrected chi connectivity index (χ0v) is 13.2. The third-order valence-corrected chi connectivity index (χ3v) is 3.99. The first-order chi connectivity index (χ1) is 10.2. The van der Waals surface area contributed by atoms with Crippen molar-refractivity contribution in [3.05, 3.63) is 35.4 Å². The van der Waals surface area contributed by atoms with Gasteiger partial charge in [-0.25, -0.2) is 0 Å². The van der Waals surface area contributed by atoms with Crippen molar-refractivity contribution in [1.82, 2.24) is 5.32 Å². The quantitative estimate of drug-likeness (QED) is 0.791. The van der Waals surface area contributed by atoms with Crippen LogP contribution < -0.4 is 10.2 Å². The van der Waals surface area contributed by atoms with Crippen molar-refractivity contribution in [3.63, 3.8) is 0 Å². The largest absolute Gasteiger partial charge is 0.508 e. The molecule has 1 unspecified atom stereocenters. The molecule has 0 aromatic heterocycles. The maximum absolute atomic E-state index is 10.3. The fourth-order valence-corrected chi connectivity index (χ4v) is 2.77. The lowest BCUT2D eigenvalue weighted by molar-refractivity contribution is 0.222. The average molecular weight is 290 g/mol. The molecule has 0 aliphatic carbocycles. The highest BCUT2D eigenvalue weighted by molar-refractivity contribution is 5.55. The number of nitrogens with zero attached hydrogens (tertiary/aromatic N) is 1. The Bertz CT molecular complexity index is 500. The van der Waals surface area contributed by atoms with Gasteiger partial charge in [-0.05, 0) is 31.5 Å². The number of methoxy groups -OCH3 is 1. The summed E-state index contributed by atoms with van der Waals surface area (Å²) < 4.78 is 5.17. The minimum Gasteiger partial charge on any atom is -0.508 e. The lowest BCUT2D eigenvalue weighted by Gasteiger charge is -2.29. The van der Waals surface area contributed by atoms with Gasteiger partial charge < -0.3 is 20.1 Å². The summed E-state index contributed by atoms with van der Waals surface area (Å²) in [6.07, 6.45) is 3.24. The first-order valence-electron chi connectivity index (χ1n) is 7.63. The molecule has 0 bridgehead atoms. The molecular formula is C17H26N2O2. The van der Waals surface area contributed by atoms with Crippen molar-refractivity contribution in [2.45, 2.75) is 26.3 Å². The Hall–Kier alpha value is -1.52. The summed E-state index contributed by atoms with van der Waals surface area (Å²) in [5.41, 5.74) is 3.39. The first-order valence-corrected chi connectivity index (χ1v) is 7.63. The summed E-state index contributed by atoms with van der Waals surface area (Å²) in [6.45, 7) is 7.59. The van der Waals surface area contributed by atoms with Crippen LogP contribution in [0.25, 0.3) is 0 Å². The van der Waals surface area contributed by atoms with Gasteiger partial charge in [-0.2, -0.15) is 0 Å². The zero-order valence-electron chi connectivity index (χ0n) is 13.2. The minimum atomic E-state index is 0.165. The van der Waals surface area contributed by atoms with Crippen molar-refractivity contribution in [3.8, 4) is 5.75 Å². The second-order valence-electron chi connectivity index (χ2n) is 5.51. The van der Waals surface area contributed by atoms with Gasteiger partial charge in [-0.3, -0.25) is 0 Å². The number of phenolic OH excluding ortho intramolecular Hbond substituents is 1. The number of ether oxygens (including phenoxy) is 1. The van der Waals surface area contributed by atoms with Crippen LogP contribution in [0.15, 0.2) is 29.8 Å². The van der Waals surface area contributed by atoms with Gasteiger partial charge in [0.1, 0.15) is 5.75 Å². The van der Waals surface area contributed by atoms with E-state index in [2.05, 4.69) is 36.2 Å². The molecule has 0 radical (unpaired) electrons. The smallest absolute Gasteiger partial charge is 0.122 e. The Morgan fingerprint density at radius 1 is 1.43 bits per heavy atom. The fraction of sp³-hybridized carbons (Fsp3) is 0.529. The van der Waals surface area contributed by atoms with E-state index >= 15 is 0 Å². The Labute approximate surface area is 127 Å². The van der Waals surface area contributed by atoms with Crippen LogP contribution >= 0.6 is 0 Å². The van der Waals surface area contributed by atoms with E-state index < -0.39 is 0 Å². The molecule has 1 atom stereocenters. The van der Waals surface area contributed by atoms with E-state index in [1.54, 1.807) is 7.11 Å². The highest BCUT2D eigenvalue weighted by Crippen LogP contribution is 2.30. The monoisotopic (exact) mass is 290 g/mol. The summed E-state index contributed by atoms with van der Waals surface area (Å²) in [5.74, 6) is 0.368. The maximum Gasteiger partial charge on any atom is 0.122 e. The van der Waals surface area contributed by atoms with Crippen molar-refractivity contribution in [1.29, 1.82) is 0 Å². The van der Waals surface area contributed by atoms with E-state index in [0.717, 1.165) is 43.9 Å². The molecule has 2 rings (SSSR count). The summed E-state index contributed by atoms with van der Waals surface area (Å²) >= 11 is 0. The van der Waals surface area contributed by atoms with Crippen molar-refractivity contribution in [2.24, 2.45) is 0 Å². The summed E-state index contributed by atoms with van der Waals surface area (Å²) in [5, 5.41) is 13.6. The van der Waals surface area contributed by atoms with Gasteiger partial charge in [-0.1, -0.05) is 19.1 Å². The van der Waals surface area contributed by atoms with Crippen LogP contribution in [0.5, 0.6) is 5.75 Å². The third kappa shape index (κ3) is 3.99. The van der Waals surface area contributed by atoms with Crippen LogP contribution in [0.4, 0.5) is 5.69 Å². The zero-order chi connectivity index (χ0) is 15.2. The third-order valence-electron chi connectivity index (χ3n) is 3.99. The second-order valence-corrected chi connectivity index (χ2v) is 5.51. The molecule has 0 fully saturated rings. The van der Waals surface area contributed by atoms with E-state index in [4.69, 9.17) is 4.74 Å². The number of hydrogen-bond donors (Lipinski definition) is 2. The number of aromatic hydroxyl groups is 1. The van der Waals surface area contributed by atoms with E-state index in [1.165, 1.54) is 5.57 Å². The maximum atomic E-state index is 10.3. The average Bonchev–Trinajstić information content (AvgIpc) is 2.48. The Balaban J connectivity index is 2.07. The molecule has 4 nitrogen and oxygen atoms in total. The van der Waals surface area contributed by atoms with Gasteiger partial charge >= 0.3 is 0 Å². The number of hydrogen-bond acceptors (Lipinski definition) is 4. The van der Waals surface area contributed by atoms with E-state index in [-0.39, 0.29) is 6.04 Å². The molecule has 0 saturated heterocycles. The predicted molar refractivity (Wildman–Crippen MR) is 87.0 cm³/mol. The van der Waals surface area contributed by atoms with E-state index in [1.807, 2.05) is 12.1 Å². The Kier molecular flexibility index (Phi) is 5.65. The number of rotatable bonds is 6. The lowest BCUT2D eigenvalue weighted by Crippen LogP contribution is -2.29. The molecule has 2 N–H and O–H groups in total. The van der Waals surface area contributed by atoms with Crippen molar-refractivity contribution < 1.29 is 9.84 Å². The summed E-state index contributed by atoms with van der Waals surface area (Å²) in [6, 6.07) is 6.15. The molecule has 0 saturated carbocycles. The minimum absolute atomic E-state index is 0.165. The molecular weight excluding hydrogens is 264 g/mol. The number of anilines is 1. The molecule has 4 heteroatoms. The van der Waals surface area contributed by atoms with E-state index in [0.29, 0.717) is 5.75 Å². The van der Waals surface area contributed by atoms with Gasteiger partial charge in [0.05, 0.1) is 6.61 Å². The number of nitrogens with one attached hydrogen (secondary N) is 1. The molecule has 1 heterocycles. The SMILES string of the molecule is CCNC(C)c1ccc(N2CC=C(COC)CC2)cc1O. The highest BCUT2D eigenvalue weighted by atomic mass is 16.5. The summed E-state index contributed by atoms with van der Waals surface area (Å²) in [4.78, 5) is 2.28. The van der Waals surface area contributed by atoms with Crippen molar-refractivity contribution in [2.75, 3.05) is 38.3 Å². The second kappa shape index (κ2) is 7.48. The summed E-state index contributed by atoms with van der Waals surface area (Å²) in [7, 11) is 1.73. The topological polar surface area (TPSA) is 44.7 Å². The molecule has 1 aromatic carbocycles. The molecule has 0 amide bonds. The molecule has 21 heavy (non-hydrogen) atoms. The normalized spacial score (nSPS) is 16.7. The van der Waals surface area contributed by atoms with Crippen molar-refractivity contribution >= 4 is 5.69 Å². The van der Waals surface area contributed by atoms with Crippen LogP contribution in [-0.2, 0) is 4.74 Å². The number of benzene rings is 1. The fourth-order valence-electron chi connectivity index (χ4n) is 2.77. The van der Waals surface area contributed by atoms with Crippen LogP contribution in [0.2, 0.25) is 0 Å². The van der Waals surface area contributed by atoms with Crippen LogP contribution in [0.1, 0.15) is 31.9 Å². The van der Waals surface area contributed by atoms with Gasteiger partial charge in [0.15, 0.2) is 0 Å². The number of phenols is 1. The molecule has 0 spiro atoms. The standard InChI is InChI=1S/C17H26N2O2/c1-4-18-13(2)16-6-5-15(11-17(16)20)19-9-7-14(8-10-19)12-21-3/h5-7,11,13,18,20H,4,8-10,12H2,1-3H3. The Morgan fingerprint density at radius 2 is 2.24 bits per heavy atom. The van der Waals surface area contributed by atoms with Gasteiger partial charge in [0, 0.05) is 43.6 Å². The van der Waals surface area contributed by atoms with E-state index in [9.17, 15) is 5.11 Å². The molecule has 1 aliphatic heterocycles.